The van der Waals surface area contributed by atoms with Crippen molar-refractivity contribution in [3.63, 3.8) is 0 Å². The molecule has 0 radical (unpaired) electrons. The number of amides is 2. The molecule has 0 atom stereocenters. The molecule has 1 N–H and O–H groups in total. The van der Waals surface area contributed by atoms with Crippen molar-refractivity contribution >= 4 is 34.7 Å². The van der Waals surface area contributed by atoms with Crippen molar-refractivity contribution in [2.24, 2.45) is 0 Å². The first-order chi connectivity index (χ1) is 13.2. The molecule has 1 fully saturated rings. The van der Waals surface area contributed by atoms with Crippen LogP contribution in [-0.2, 0) is 4.79 Å². The molecule has 27 heavy (non-hydrogen) atoms. The number of benzene rings is 1. The van der Waals surface area contributed by atoms with E-state index in [0.717, 1.165) is 23.0 Å². The van der Waals surface area contributed by atoms with Gasteiger partial charge >= 0.3 is 0 Å². The van der Waals surface area contributed by atoms with Crippen molar-refractivity contribution in [2.75, 3.05) is 31.5 Å². The van der Waals surface area contributed by atoms with Gasteiger partial charge in [-0.1, -0.05) is 18.2 Å². The zero-order chi connectivity index (χ0) is 18.6. The summed E-state index contributed by atoms with van der Waals surface area (Å²) >= 11 is 0. The van der Waals surface area contributed by atoms with E-state index in [2.05, 4.69) is 20.3 Å². The fourth-order valence-electron chi connectivity index (χ4n) is 3.08. The number of nitrogens with one attached hydrogen (secondary N) is 1. The normalized spacial score (nSPS) is 14.2. The van der Waals surface area contributed by atoms with Gasteiger partial charge in [0.2, 0.25) is 6.41 Å². The van der Waals surface area contributed by atoms with Gasteiger partial charge in [-0.25, -0.2) is 9.97 Å². The first-order valence-corrected chi connectivity index (χ1v) is 8.66. The summed E-state index contributed by atoms with van der Waals surface area (Å²) in [6, 6.07) is 11.3. The van der Waals surface area contributed by atoms with Crippen molar-refractivity contribution < 1.29 is 9.59 Å². The molecule has 0 spiro atoms. The van der Waals surface area contributed by atoms with Gasteiger partial charge in [0.25, 0.3) is 5.91 Å². The molecule has 2 amide bonds. The molecular formula is C19H18N6O2. The third kappa shape index (κ3) is 3.55. The molecule has 3 heterocycles. The Labute approximate surface area is 155 Å². The zero-order valence-electron chi connectivity index (χ0n) is 14.6. The number of pyridine rings is 1. The summed E-state index contributed by atoms with van der Waals surface area (Å²) in [6.45, 7) is 2.06. The highest BCUT2D eigenvalue weighted by atomic mass is 16.2. The molecule has 8 heteroatoms. The zero-order valence-corrected chi connectivity index (χ0v) is 14.6. The Morgan fingerprint density at radius 2 is 1.85 bits per heavy atom. The lowest BCUT2D eigenvalue weighted by molar-refractivity contribution is -0.119. The fourth-order valence-corrected chi connectivity index (χ4v) is 3.08. The van der Waals surface area contributed by atoms with Gasteiger partial charge in [-0.05, 0) is 12.1 Å². The van der Waals surface area contributed by atoms with Crippen molar-refractivity contribution in [3.05, 3.63) is 54.6 Å². The maximum atomic E-state index is 12.7. The summed E-state index contributed by atoms with van der Waals surface area (Å²) in [5.41, 5.74) is 1.96. The van der Waals surface area contributed by atoms with Crippen molar-refractivity contribution in [2.45, 2.75) is 0 Å². The van der Waals surface area contributed by atoms with Crippen LogP contribution in [0.25, 0.3) is 10.9 Å². The third-order valence-electron chi connectivity index (χ3n) is 4.53. The molecular weight excluding hydrogens is 344 g/mol. The molecule has 3 aromatic rings. The number of nitrogens with zero attached hydrogens (tertiary/aromatic N) is 5. The summed E-state index contributed by atoms with van der Waals surface area (Å²) in [6.07, 6.45) is 3.92. The number of carbonyl (C=O) groups excluding carboxylic acids is 2. The molecule has 0 saturated carbocycles. The minimum Gasteiger partial charge on any atom is -0.342 e. The Balaban J connectivity index is 1.54. The lowest BCUT2D eigenvalue weighted by Crippen LogP contribution is -2.48. The van der Waals surface area contributed by atoms with E-state index in [4.69, 9.17) is 0 Å². The minimum atomic E-state index is -0.165. The maximum Gasteiger partial charge on any atom is 0.272 e. The van der Waals surface area contributed by atoms with Crippen molar-refractivity contribution in [3.8, 4) is 0 Å². The Kier molecular flexibility index (Phi) is 4.61. The number of piperazine rings is 1. The van der Waals surface area contributed by atoms with Crippen LogP contribution in [0, 0.1) is 0 Å². The number of carbonyl (C=O) groups is 2. The summed E-state index contributed by atoms with van der Waals surface area (Å²) in [5, 5.41) is 4.24. The van der Waals surface area contributed by atoms with Crippen LogP contribution in [0.3, 0.4) is 0 Å². The van der Waals surface area contributed by atoms with E-state index in [1.807, 2.05) is 30.3 Å². The molecule has 136 valence electrons. The van der Waals surface area contributed by atoms with E-state index < -0.39 is 0 Å². The second-order valence-corrected chi connectivity index (χ2v) is 6.23. The lowest BCUT2D eigenvalue weighted by Gasteiger charge is -2.32. The van der Waals surface area contributed by atoms with Crippen LogP contribution in [0.1, 0.15) is 10.5 Å². The highest BCUT2D eigenvalue weighted by Gasteiger charge is 2.22. The first-order valence-electron chi connectivity index (χ1n) is 8.66. The van der Waals surface area contributed by atoms with Gasteiger partial charge in [0.1, 0.15) is 17.8 Å². The van der Waals surface area contributed by atoms with Crippen LogP contribution >= 0.6 is 0 Å². The van der Waals surface area contributed by atoms with E-state index >= 15 is 0 Å². The predicted octanol–water partition coefficient (Wildman–Crippen LogP) is 1.68. The Hall–Kier alpha value is -3.55. The molecule has 0 bridgehead atoms. The quantitative estimate of drug-likeness (QED) is 0.710. The largest absolute Gasteiger partial charge is 0.342 e. The fraction of sp³-hybridized carbons (Fsp3) is 0.211. The van der Waals surface area contributed by atoms with Gasteiger partial charge in [0.05, 0.1) is 11.2 Å². The van der Waals surface area contributed by atoms with E-state index in [-0.39, 0.29) is 5.91 Å². The monoisotopic (exact) mass is 362 g/mol. The van der Waals surface area contributed by atoms with Gasteiger partial charge in [-0.2, -0.15) is 0 Å². The van der Waals surface area contributed by atoms with Gasteiger partial charge < -0.3 is 15.1 Å². The van der Waals surface area contributed by atoms with Crippen LogP contribution in [-0.4, -0.2) is 63.2 Å². The molecule has 0 unspecified atom stereocenters. The van der Waals surface area contributed by atoms with Crippen LogP contribution in [0.2, 0.25) is 0 Å². The lowest BCUT2D eigenvalue weighted by atomic mass is 10.2. The number of hydrogen-bond acceptors (Lipinski definition) is 6. The third-order valence-corrected chi connectivity index (χ3v) is 4.53. The van der Waals surface area contributed by atoms with Crippen LogP contribution in [0.4, 0.5) is 11.5 Å². The Morgan fingerprint density at radius 3 is 2.67 bits per heavy atom. The van der Waals surface area contributed by atoms with Gasteiger partial charge in [0, 0.05) is 43.8 Å². The number of fused-ring (bicyclic) bond motifs is 1. The highest BCUT2D eigenvalue weighted by molar-refractivity contribution is 5.94. The summed E-state index contributed by atoms with van der Waals surface area (Å²) in [4.78, 5) is 39.6. The standard InChI is InChI=1S/C19H18N6O2/c26-13-24-7-9-25(10-8-24)19(27)16-11-17(22-12-21-16)23-15-5-1-3-14-4-2-6-20-18(14)15/h1-6,11-13H,7-10H2,(H,21,22,23). The van der Waals surface area contributed by atoms with Crippen LogP contribution < -0.4 is 5.32 Å². The average Bonchev–Trinajstić information content (AvgIpc) is 2.74. The first kappa shape index (κ1) is 16.9. The second-order valence-electron chi connectivity index (χ2n) is 6.23. The molecule has 1 aliphatic rings. The SMILES string of the molecule is O=CN1CCN(C(=O)c2cc(Nc3cccc4cccnc34)ncn2)CC1. The number of anilines is 2. The van der Waals surface area contributed by atoms with E-state index in [0.29, 0.717) is 37.7 Å². The highest BCUT2D eigenvalue weighted by Crippen LogP contribution is 2.23. The molecule has 1 aromatic carbocycles. The van der Waals surface area contributed by atoms with Crippen molar-refractivity contribution in [1.29, 1.82) is 0 Å². The average molecular weight is 362 g/mol. The maximum absolute atomic E-state index is 12.7. The predicted molar refractivity (Wildman–Crippen MR) is 101 cm³/mol. The van der Waals surface area contributed by atoms with E-state index in [9.17, 15) is 9.59 Å². The van der Waals surface area contributed by atoms with Crippen LogP contribution in [0.15, 0.2) is 48.9 Å². The number of aromatic nitrogens is 3. The summed E-state index contributed by atoms with van der Waals surface area (Å²) in [5.74, 6) is 0.361. The van der Waals surface area contributed by atoms with Gasteiger partial charge in [0.15, 0.2) is 0 Å². The number of para-hydroxylation sites is 1. The number of hydrogen-bond donors (Lipinski definition) is 1. The van der Waals surface area contributed by atoms with Crippen LogP contribution in [0.5, 0.6) is 0 Å². The molecule has 0 aliphatic carbocycles. The van der Waals surface area contributed by atoms with Crippen molar-refractivity contribution in [1.82, 2.24) is 24.8 Å². The van der Waals surface area contributed by atoms with E-state index in [1.165, 1.54) is 6.33 Å². The minimum absolute atomic E-state index is 0.165. The molecule has 1 saturated heterocycles. The Bertz CT molecular complexity index is 979. The second kappa shape index (κ2) is 7.36. The number of rotatable bonds is 4. The molecule has 2 aromatic heterocycles. The smallest absolute Gasteiger partial charge is 0.272 e. The molecule has 4 rings (SSSR count). The molecule has 8 nitrogen and oxygen atoms in total. The van der Waals surface area contributed by atoms with Gasteiger partial charge in [-0.15, -0.1) is 0 Å². The van der Waals surface area contributed by atoms with Gasteiger partial charge in [-0.3, -0.25) is 14.6 Å². The Morgan fingerprint density at radius 1 is 1.04 bits per heavy atom. The molecule has 1 aliphatic heterocycles. The summed E-state index contributed by atoms with van der Waals surface area (Å²) < 4.78 is 0. The topological polar surface area (TPSA) is 91.3 Å². The van der Waals surface area contributed by atoms with E-state index in [1.54, 1.807) is 22.1 Å². The summed E-state index contributed by atoms with van der Waals surface area (Å²) in [7, 11) is 0.